The fourth-order valence-corrected chi connectivity index (χ4v) is 4.68. The zero-order valence-corrected chi connectivity index (χ0v) is 19.2. The molecule has 0 bridgehead atoms. The summed E-state index contributed by atoms with van der Waals surface area (Å²) in [6.07, 6.45) is -0.891. The molecule has 32 heavy (non-hydrogen) atoms. The van der Waals surface area contributed by atoms with Crippen LogP contribution >= 0.6 is 15.9 Å². The van der Waals surface area contributed by atoms with Crippen molar-refractivity contribution in [3.63, 3.8) is 0 Å². The molecular weight excluding hydrogens is 472 g/mol. The maximum Gasteiger partial charge on any atom is 0.266 e. The molecule has 162 valence electrons. The minimum absolute atomic E-state index is 0.265. The Bertz CT molecular complexity index is 1180. The highest BCUT2D eigenvalue weighted by atomic mass is 79.9. The molecule has 2 saturated heterocycles. The van der Waals surface area contributed by atoms with Gasteiger partial charge in [-0.25, -0.2) is 9.96 Å². The summed E-state index contributed by atoms with van der Waals surface area (Å²) in [7, 11) is 1.61. The van der Waals surface area contributed by atoms with Gasteiger partial charge in [-0.15, -0.1) is 0 Å². The standard InChI is InChI=1S/C25H21BrN2O4/c1-15-5-3-4-6-20(15)28-22(16-7-13-19(31-2)14-8-16)21-23(32-28)25(30)27(24(21)29)18-11-9-17(26)10-12-18/h3-14,21-23H,1-2H3/t21-,22+,23+/m0/s1. The average Bonchev–Trinajstić information content (AvgIpc) is 3.31. The van der Waals surface area contributed by atoms with Gasteiger partial charge in [0.2, 0.25) is 5.91 Å². The Morgan fingerprint density at radius 3 is 2.25 bits per heavy atom. The highest BCUT2D eigenvalue weighted by Gasteiger charge is 2.60. The molecule has 0 radical (unpaired) electrons. The first-order chi connectivity index (χ1) is 15.5. The summed E-state index contributed by atoms with van der Waals surface area (Å²) in [5, 5.41) is 1.72. The van der Waals surface area contributed by atoms with Crippen LogP contribution in [0.1, 0.15) is 17.2 Å². The first kappa shape index (κ1) is 20.7. The zero-order valence-electron chi connectivity index (χ0n) is 17.6. The molecule has 3 aromatic carbocycles. The van der Waals surface area contributed by atoms with Crippen molar-refractivity contribution in [2.45, 2.75) is 19.1 Å². The van der Waals surface area contributed by atoms with Crippen LogP contribution in [0.5, 0.6) is 5.75 Å². The lowest BCUT2D eigenvalue weighted by Crippen LogP contribution is -2.37. The molecule has 2 amide bonds. The monoisotopic (exact) mass is 492 g/mol. The van der Waals surface area contributed by atoms with E-state index in [4.69, 9.17) is 9.57 Å². The second-order valence-electron chi connectivity index (χ2n) is 7.87. The van der Waals surface area contributed by atoms with E-state index in [2.05, 4.69) is 15.9 Å². The Kier molecular flexibility index (Phi) is 5.23. The van der Waals surface area contributed by atoms with Gasteiger partial charge >= 0.3 is 0 Å². The molecule has 3 atom stereocenters. The van der Waals surface area contributed by atoms with Crippen LogP contribution in [0, 0.1) is 12.8 Å². The van der Waals surface area contributed by atoms with E-state index < -0.39 is 18.1 Å². The average molecular weight is 493 g/mol. The number of amides is 2. The molecule has 2 aliphatic rings. The third kappa shape index (κ3) is 3.29. The smallest absolute Gasteiger partial charge is 0.266 e. The van der Waals surface area contributed by atoms with Crippen LogP contribution in [0.4, 0.5) is 11.4 Å². The number of nitrogens with zero attached hydrogens (tertiary/aromatic N) is 2. The molecule has 0 spiro atoms. The predicted octanol–water partition coefficient (Wildman–Crippen LogP) is 4.82. The summed E-state index contributed by atoms with van der Waals surface area (Å²) in [5.41, 5.74) is 3.24. The maximum atomic E-state index is 13.6. The third-order valence-electron chi connectivity index (χ3n) is 6.01. The molecule has 0 aromatic heterocycles. The van der Waals surface area contributed by atoms with Crippen molar-refractivity contribution in [3.8, 4) is 5.75 Å². The summed E-state index contributed by atoms with van der Waals surface area (Å²) >= 11 is 3.40. The fraction of sp³-hybridized carbons (Fsp3) is 0.200. The molecule has 6 nitrogen and oxygen atoms in total. The number of rotatable bonds is 4. The summed E-state index contributed by atoms with van der Waals surface area (Å²) in [6, 6.07) is 22.0. The summed E-state index contributed by atoms with van der Waals surface area (Å²) in [4.78, 5) is 34.4. The number of hydrogen-bond acceptors (Lipinski definition) is 5. The molecular formula is C25H21BrN2O4. The van der Waals surface area contributed by atoms with Crippen molar-refractivity contribution >= 4 is 39.1 Å². The number of methoxy groups -OCH3 is 1. The van der Waals surface area contributed by atoms with Gasteiger partial charge in [0.25, 0.3) is 5.91 Å². The highest BCUT2D eigenvalue weighted by Crippen LogP contribution is 2.48. The minimum atomic E-state index is -0.891. The normalized spacial score (nSPS) is 22.4. The van der Waals surface area contributed by atoms with Gasteiger partial charge in [-0.2, -0.15) is 0 Å². The quantitative estimate of drug-likeness (QED) is 0.488. The molecule has 2 aliphatic heterocycles. The number of ether oxygens (including phenoxy) is 1. The van der Waals surface area contributed by atoms with Crippen LogP contribution in [0.2, 0.25) is 0 Å². The zero-order chi connectivity index (χ0) is 22.4. The van der Waals surface area contributed by atoms with Crippen molar-refractivity contribution in [1.82, 2.24) is 0 Å². The van der Waals surface area contributed by atoms with Crippen LogP contribution < -0.4 is 14.7 Å². The topological polar surface area (TPSA) is 59.1 Å². The number of fused-ring (bicyclic) bond motifs is 1. The Morgan fingerprint density at radius 2 is 1.59 bits per heavy atom. The molecule has 3 aromatic rings. The van der Waals surface area contributed by atoms with Gasteiger partial charge in [0, 0.05) is 4.47 Å². The SMILES string of the molecule is COc1ccc([C@@H]2[C@@H]3C(=O)N(c4ccc(Br)cc4)C(=O)[C@@H]3ON2c2ccccc2C)cc1. The summed E-state index contributed by atoms with van der Waals surface area (Å²) < 4.78 is 6.17. The predicted molar refractivity (Wildman–Crippen MR) is 124 cm³/mol. The van der Waals surface area contributed by atoms with Crippen LogP contribution in [0.25, 0.3) is 0 Å². The Hall–Kier alpha value is -3.16. The lowest BCUT2D eigenvalue weighted by atomic mass is 9.90. The summed E-state index contributed by atoms with van der Waals surface area (Å²) in [5.74, 6) is -0.563. The summed E-state index contributed by atoms with van der Waals surface area (Å²) in [6.45, 7) is 1.98. The number of anilines is 2. The Labute approximate surface area is 194 Å². The molecule has 2 fully saturated rings. The number of halogens is 1. The van der Waals surface area contributed by atoms with Gasteiger partial charge in [0.1, 0.15) is 11.7 Å². The van der Waals surface area contributed by atoms with Gasteiger partial charge < -0.3 is 4.74 Å². The van der Waals surface area contributed by atoms with Crippen molar-refractivity contribution in [2.75, 3.05) is 17.1 Å². The fourth-order valence-electron chi connectivity index (χ4n) is 4.42. The molecule has 0 N–H and O–H groups in total. The van der Waals surface area contributed by atoms with E-state index in [0.717, 1.165) is 27.0 Å². The number of hydroxylamine groups is 1. The van der Waals surface area contributed by atoms with E-state index in [1.165, 1.54) is 4.90 Å². The number of imide groups is 1. The first-order valence-electron chi connectivity index (χ1n) is 10.3. The van der Waals surface area contributed by atoms with Crippen LogP contribution in [0.15, 0.2) is 77.3 Å². The van der Waals surface area contributed by atoms with E-state index in [1.54, 1.807) is 24.3 Å². The van der Waals surface area contributed by atoms with Gasteiger partial charge in [-0.1, -0.05) is 46.3 Å². The Balaban J connectivity index is 1.59. The van der Waals surface area contributed by atoms with E-state index in [1.807, 2.05) is 67.6 Å². The van der Waals surface area contributed by atoms with Crippen molar-refractivity contribution in [1.29, 1.82) is 0 Å². The highest BCUT2D eigenvalue weighted by molar-refractivity contribution is 9.10. The molecule has 0 saturated carbocycles. The lowest BCUT2D eigenvalue weighted by Gasteiger charge is -2.29. The van der Waals surface area contributed by atoms with Crippen LogP contribution in [-0.4, -0.2) is 25.0 Å². The number of aryl methyl sites for hydroxylation is 1. The molecule has 7 heteroatoms. The van der Waals surface area contributed by atoms with E-state index in [0.29, 0.717) is 5.69 Å². The van der Waals surface area contributed by atoms with Crippen LogP contribution in [0.3, 0.4) is 0 Å². The van der Waals surface area contributed by atoms with E-state index >= 15 is 0 Å². The number of benzene rings is 3. The van der Waals surface area contributed by atoms with Gasteiger partial charge in [0.15, 0.2) is 6.10 Å². The van der Waals surface area contributed by atoms with Gasteiger partial charge in [-0.3, -0.25) is 14.4 Å². The number of hydrogen-bond donors (Lipinski definition) is 0. The molecule has 0 unspecified atom stereocenters. The van der Waals surface area contributed by atoms with Crippen LogP contribution in [-0.2, 0) is 14.4 Å². The number of carbonyl (C=O) groups excluding carboxylic acids is 2. The van der Waals surface area contributed by atoms with Crippen molar-refractivity contribution in [2.24, 2.45) is 5.92 Å². The van der Waals surface area contributed by atoms with Crippen molar-refractivity contribution < 1.29 is 19.2 Å². The van der Waals surface area contributed by atoms with E-state index in [-0.39, 0.29) is 11.8 Å². The third-order valence-corrected chi connectivity index (χ3v) is 6.54. The second kappa shape index (κ2) is 8.07. The maximum absolute atomic E-state index is 13.6. The molecule has 2 heterocycles. The van der Waals surface area contributed by atoms with Gasteiger partial charge in [0.05, 0.1) is 24.5 Å². The largest absolute Gasteiger partial charge is 0.497 e. The van der Waals surface area contributed by atoms with Gasteiger partial charge in [-0.05, 0) is 60.5 Å². The Morgan fingerprint density at radius 1 is 0.906 bits per heavy atom. The molecule has 5 rings (SSSR count). The van der Waals surface area contributed by atoms with E-state index in [9.17, 15) is 9.59 Å². The lowest BCUT2D eigenvalue weighted by molar-refractivity contribution is -0.126. The second-order valence-corrected chi connectivity index (χ2v) is 8.79. The van der Waals surface area contributed by atoms with Crippen molar-refractivity contribution in [3.05, 3.63) is 88.4 Å². The number of carbonyl (C=O) groups is 2. The number of para-hydroxylation sites is 1. The minimum Gasteiger partial charge on any atom is -0.497 e. The molecule has 0 aliphatic carbocycles. The first-order valence-corrected chi connectivity index (χ1v) is 11.1.